The number of anilines is 2. The van der Waals surface area contributed by atoms with Crippen LogP contribution in [0.1, 0.15) is 5.56 Å². The Balaban J connectivity index is 1.70. The van der Waals surface area contributed by atoms with Crippen molar-refractivity contribution < 1.29 is 9.32 Å². The first-order valence-electron chi connectivity index (χ1n) is 5.85. The number of carbonyl (C=O) groups is 1. The minimum absolute atomic E-state index is 0.0137. The quantitative estimate of drug-likeness (QED) is 0.845. The van der Waals surface area contributed by atoms with Crippen molar-refractivity contribution in [2.75, 3.05) is 17.2 Å². The molecule has 2 heterocycles. The lowest BCUT2D eigenvalue weighted by molar-refractivity contribution is -0.119. The van der Waals surface area contributed by atoms with Crippen LogP contribution < -0.4 is 10.6 Å². The first-order valence-corrected chi connectivity index (χ1v) is 5.85. The predicted octanol–water partition coefficient (Wildman–Crippen LogP) is 1.90. The zero-order valence-corrected chi connectivity index (χ0v) is 9.72. The monoisotopic (exact) mass is 243 g/mol. The van der Waals surface area contributed by atoms with Crippen LogP contribution in [0.25, 0.3) is 0 Å². The number of benzene rings is 1. The second-order valence-corrected chi connectivity index (χ2v) is 4.34. The first-order chi connectivity index (χ1) is 8.83. The number of rotatable bonds is 2. The van der Waals surface area contributed by atoms with Crippen molar-refractivity contribution in [1.82, 2.24) is 5.16 Å². The van der Waals surface area contributed by atoms with Crippen LogP contribution in [0.4, 0.5) is 11.4 Å². The molecule has 0 spiro atoms. The summed E-state index contributed by atoms with van der Waals surface area (Å²) in [6, 6.07) is 8.05. The van der Waals surface area contributed by atoms with E-state index in [9.17, 15) is 4.79 Å². The molecule has 1 aliphatic rings. The molecule has 0 aliphatic carbocycles. The van der Waals surface area contributed by atoms with Crippen LogP contribution in [-0.4, -0.2) is 17.6 Å². The largest absolute Gasteiger partial charge is 0.384 e. The van der Waals surface area contributed by atoms with Gasteiger partial charge in [-0.1, -0.05) is 23.4 Å². The van der Waals surface area contributed by atoms with Gasteiger partial charge in [-0.25, -0.2) is 0 Å². The van der Waals surface area contributed by atoms with Crippen LogP contribution in [0.3, 0.4) is 0 Å². The van der Waals surface area contributed by atoms with Gasteiger partial charge >= 0.3 is 0 Å². The Morgan fingerprint density at radius 1 is 1.44 bits per heavy atom. The molecule has 1 unspecified atom stereocenters. The number of nitrogens with zero attached hydrogens (tertiary/aromatic N) is 1. The molecule has 1 atom stereocenters. The predicted molar refractivity (Wildman–Crippen MR) is 67.3 cm³/mol. The van der Waals surface area contributed by atoms with E-state index in [0.29, 0.717) is 12.2 Å². The molecule has 92 valence electrons. The summed E-state index contributed by atoms with van der Waals surface area (Å²) in [7, 11) is 0. The fourth-order valence-electron chi connectivity index (χ4n) is 2.14. The Morgan fingerprint density at radius 2 is 2.33 bits per heavy atom. The van der Waals surface area contributed by atoms with Crippen LogP contribution in [0, 0.1) is 5.92 Å². The third-order valence-electron chi connectivity index (χ3n) is 3.09. The number of hydrogen-bond acceptors (Lipinski definition) is 4. The SMILES string of the molecule is O=C(Nc1cnoc1)C1CNc2ccccc2C1. The summed E-state index contributed by atoms with van der Waals surface area (Å²) in [6.07, 6.45) is 3.66. The van der Waals surface area contributed by atoms with Crippen LogP contribution in [0.5, 0.6) is 0 Å². The molecule has 1 aliphatic heterocycles. The molecule has 1 amide bonds. The maximum atomic E-state index is 12.1. The van der Waals surface area contributed by atoms with Gasteiger partial charge in [0.15, 0.2) is 0 Å². The van der Waals surface area contributed by atoms with E-state index in [1.54, 1.807) is 0 Å². The molecule has 0 saturated carbocycles. The minimum Gasteiger partial charge on any atom is -0.384 e. The van der Waals surface area contributed by atoms with Crippen molar-refractivity contribution in [3.63, 3.8) is 0 Å². The molecule has 2 aromatic rings. The Hall–Kier alpha value is -2.30. The molecule has 18 heavy (non-hydrogen) atoms. The van der Waals surface area contributed by atoms with Crippen LogP contribution in [-0.2, 0) is 11.2 Å². The number of carbonyl (C=O) groups excluding carboxylic acids is 1. The molecule has 2 N–H and O–H groups in total. The van der Waals surface area contributed by atoms with Gasteiger partial charge < -0.3 is 15.2 Å². The lowest BCUT2D eigenvalue weighted by Gasteiger charge is -2.25. The van der Waals surface area contributed by atoms with Gasteiger partial charge in [0.2, 0.25) is 5.91 Å². The van der Waals surface area contributed by atoms with E-state index in [0.717, 1.165) is 12.1 Å². The average molecular weight is 243 g/mol. The molecule has 0 bridgehead atoms. The van der Waals surface area contributed by atoms with Crippen molar-refractivity contribution in [1.29, 1.82) is 0 Å². The number of amides is 1. The number of aromatic nitrogens is 1. The number of para-hydroxylation sites is 1. The summed E-state index contributed by atoms with van der Waals surface area (Å²) in [6.45, 7) is 0.647. The van der Waals surface area contributed by atoms with Gasteiger partial charge in [-0.05, 0) is 18.1 Å². The van der Waals surface area contributed by atoms with Crippen LogP contribution in [0.15, 0.2) is 41.2 Å². The van der Waals surface area contributed by atoms with Gasteiger partial charge in [-0.15, -0.1) is 0 Å². The van der Waals surface area contributed by atoms with E-state index in [1.165, 1.54) is 18.0 Å². The van der Waals surface area contributed by atoms with Gasteiger partial charge in [0, 0.05) is 12.2 Å². The molecular weight excluding hydrogens is 230 g/mol. The van der Waals surface area contributed by atoms with E-state index >= 15 is 0 Å². The normalized spacial score (nSPS) is 17.7. The third kappa shape index (κ3) is 2.07. The molecule has 0 fully saturated rings. The van der Waals surface area contributed by atoms with Crippen molar-refractivity contribution in [2.45, 2.75) is 6.42 Å². The summed E-state index contributed by atoms with van der Waals surface area (Å²) in [5.41, 5.74) is 2.89. The average Bonchev–Trinajstić information content (AvgIpc) is 2.91. The van der Waals surface area contributed by atoms with Crippen LogP contribution >= 0.6 is 0 Å². The molecule has 0 radical (unpaired) electrons. The van der Waals surface area contributed by atoms with Gasteiger partial charge in [-0.3, -0.25) is 4.79 Å². The fourth-order valence-corrected chi connectivity index (χ4v) is 2.14. The maximum Gasteiger partial charge on any atom is 0.229 e. The zero-order chi connectivity index (χ0) is 12.4. The van der Waals surface area contributed by atoms with Gasteiger partial charge in [0.25, 0.3) is 0 Å². The van der Waals surface area contributed by atoms with E-state index in [2.05, 4.69) is 20.3 Å². The highest BCUT2D eigenvalue weighted by Gasteiger charge is 2.24. The highest BCUT2D eigenvalue weighted by molar-refractivity contribution is 5.93. The highest BCUT2D eigenvalue weighted by Crippen LogP contribution is 2.24. The van der Waals surface area contributed by atoms with Crippen molar-refractivity contribution in [2.24, 2.45) is 5.92 Å². The maximum absolute atomic E-state index is 12.1. The Labute approximate surface area is 104 Å². The molecule has 1 aromatic heterocycles. The van der Waals surface area contributed by atoms with Crippen molar-refractivity contribution in [3.8, 4) is 0 Å². The van der Waals surface area contributed by atoms with Gasteiger partial charge in [0.05, 0.1) is 12.1 Å². The zero-order valence-electron chi connectivity index (χ0n) is 9.72. The van der Waals surface area contributed by atoms with E-state index in [4.69, 9.17) is 0 Å². The fraction of sp³-hybridized carbons (Fsp3) is 0.231. The topological polar surface area (TPSA) is 67.2 Å². The van der Waals surface area contributed by atoms with Gasteiger partial charge in [-0.2, -0.15) is 0 Å². The van der Waals surface area contributed by atoms with Crippen molar-refractivity contribution in [3.05, 3.63) is 42.3 Å². The lowest BCUT2D eigenvalue weighted by atomic mass is 9.93. The smallest absolute Gasteiger partial charge is 0.229 e. The van der Waals surface area contributed by atoms with Crippen molar-refractivity contribution >= 4 is 17.3 Å². The van der Waals surface area contributed by atoms with E-state index < -0.39 is 0 Å². The molecule has 5 heteroatoms. The molecule has 5 nitrogen and oxygen atoms in total. The van der Waals surface area contributed by atoms with Crippen LogP contribution in [0.2, 0.25) is 0 Å². The van der Waals surface area contributed by atoms with E-state index in [1.807, 2.05) is 24.3 Å². The summed E-state index contributed by atoms with van der Waals surface area (Å²) in [5.74, 6) is -0.0880. The number of nitrogens with one attached hydrogen (secondary N) is 2. The Bertz CT molecular complexity index is 551. The van der Waals surface area contributed by atoms with Gasteiger partial charge in [0.1, 0.15) is 12.0 Å². The second kappa shape index (κ2) is 4.52. The summed E-state index contributed by atoms with van der Waals surface area (Å²) in [4.78, 5) is 12.1. The molecule has 0 saturated heterocycles. The second-order valence-electron chi connectivity index (χ2n) is 4.34. The molecule has 1 aromatic carbocycles. The Morgan fingerprint density at radius 3 is 3.17 bits per heavy atom. The first kappa shape index (κ1) is 10.8. The standard InChI is InChI=1S/C13H13N3O2/c17-13(16-11-7-15-18-8-11)10-5-9-3-1-2-4-12(9)14-6-10/h1-4,7-8,10,14H,5-6H2,(H,16,17). The Kier molecular flexibility index (Phi) is 2.72. The molecule has 3 rings (SSSR count). The summed E-state index contributed by atoms with van der Waals surface area (Å²) >= 11 is 0. The third-order valence-corrected chi connectivity index (χ3v) is 3.09. The lowest BCUT2D eigenvalue weighted by Crippen LogP contribution is -2.33. The highest BCUT2D eigenvalue weighted by atomic mass is 16.5. The number of fused-ring (bicyclic) bond motifs is 1. The minimum atomic E-state index is -0.0743. The molecular formula is C13H13N3O2. The number of hydrogen-bond donors (Lipinski definition) is 2. The van der Waals surface area contributed by atoms with E-state index in [-0.39, 0.29) is 11.8 Å². The summed E-state index contributed by atoms with van der Waals surface area (Å²) in [5, 5.41) is 9.61. The summed E-state index contributed by atoms with van der Waals surface area (Å²) < 4.78 is 4.68.